The minimum atomic E-state index is -2.12. The van der Waals surface area contributed by atoms with Crippen LogP contribution in [-0.4, -0.2) is 51.7 Å². The zero-order valence-corrected chi connectivity index (χ0v) is 21.4. The standard InChI is InChI=1S/C24H31N5O4Si/c1-15(30)20-17(33-34(5,6)24(2,3)4)12-18(32-20)29-14-27-19-21(25-13-26-22(19)29)28-23(31)16-10-8-7-9-11-16/h7-11,13-14,17-18,20H,12H2,1-6H3,(H,25,26,28,31)/t17-,18-,20-/m1/s1. The molecule has 1 amide bonds. The van der Waals surface area contributed by atoms with Crippen LogP contribution < -0.4 is 5.32 Å². The first-order valence-corrected chi connectivity index (χ1v) is 14.3. The molecule has 10 heteroatoms. The van der Waals surface area contributed by atoms with Crippen molar-refractivity contribution >= 4 is 37.0 Å². The second-order valence-electron chi connectivity index (χ2n) is 10.1. The van der Waals surface area contributed by atoms with Crippen LogP contribution in [0.25, 0.3) is 11.2 Å². The third-order valence-corrected chi connectivity index (χ3v) is 11.2. The van der Waals surface area contributed by atoms with Crippen LogP contribution in [0.2, 0.25) is 18.1 Å². The van der Waals surface area contributed by atoms with Crippen LogP contribution in [0.1, 0.15) is 50.7 Å². The van der Waals surface area contributed by atoms with Crippen molar-refractivity contribution in [2.45, 2.75) is 70.7 Å². The van der Waals surface area contributed by atoms with Gasteiger partial charge in [-0.3, -0.25) is 14.2 Å². The van der Waals surface area contributed by atoms with Gasteiger partial charge in [0.1, 0.15) is 18.7 Å². The number of rotatable bonds is 6. The van der Waals surface area contributed by atoms with E-state index in [0.29, 0.717) is 29.0 Å². The van der Waals surface area contributed by atoms with E-state index in [0.717, 1.165) is 0 Å². The normalized spacial score (nSPS) is 21.1. The van der Waals surface area contributed by atoms with Gasteiger partial charge in [-0.2, -0.15) is 0 Å². The van der Waals surface area contributed by atoms with Crippen LogP contribution in [0, 0.1) is 0 Å². The molecule has 0 bridgehead atoms. The number of ketones is 1. The van der Waals surface area contributed by atoms with Crippen LogP contribution >= 0.6 is 0 Å². The fraction of sp³-hybridized carbons (Fsp3) is 0.458. The third kappa shape index (κ3) is 4.66. The van der Waals surface area contributed by atoms with Gasteiger partial charge in [0.25, 0.3) is 5.91 Å². The molecule has 3 heterocycles. The Bertz CT molecular complexity index is 1210. The molecule has 2 aromatic heterocycles. The molecule has 4 rings (SSSR count). The molecule has 0 spiro atoms. The number of aromatic nitrogens is 4. The molecule has 3 aromatic rings. The summed E-state index contributed by atoms with van der Waals surface area (Å²) in [5.74, 6) is -0.0411. The molecule has 0 aliphatic carbocycles. The summed E-state index contributed by atoms with van der Waals surface area (Å²) in [5, 5.41) is 2.82. The van der Waals surface area contributed by atoms with Crippen molar-refractivity contribution in [1.82, 2.24) is 19.5 Å². The number of fused-ring (bicyclic) bond motifs is 1. The summed E-state index contributed by atoms with van der Waals surface area (Å²) in [7, 11) is -2.12. The molecule has 0 saturated carbocycles. The van der Waals surface area contributed by atoms with Crippen molar-refractivity contribution in [2.75, 3.05) is 5.32 Å². The van der Waals surface area contributed by atoms with Crippen LogP contribution in [0.4, 0.5) is 5.82 Å². The third-order valence-electron chi connectivity index (χ3n) is 6.67. The summed E-state index contributed by atoms with van der Waals surface area (Å²) >= 11 is 0. The van der Waals surface area contributed by atoms with Gasteiger partial charge in [-0.05, 0) is 37.2 Å². The largest absolute Gasteiger partial charge is 0.411 e. The maximum Gasteiger partial charge on any atom is 0.256 e. The minimum absolute atomic E-state index is 0.00716. The molecule has 1 aliphatic rings. The Morgan fingerprint density at radius 3 is 2.50 bits per heavy atom. The summed E-state index contributed by atoms with van der Waals surface area (Å²) in [4.78, 5) is 38.0. The highest BCUT2D eigenvalue weighted by molar-refractivity contribution is 6.74. The number of benzene rings is 1. The van der Waals surface area contributed by atoms with Crippen LogP contribution in [-0.2, 0) is 14.0 Å². The number of Topliss-reactive ketones (excluding diaryl/α,β-unsaturated/α-hetero) is 1. The van der Waals surface area contributed by atoms with Crippen molar-refractivity contribution in [1.29, 1.82) is 0 Å². The van der Waals surface area contributed by atoms with E-state index in [1.807, 2.05) is 6.07 Å². The highest BCUT2D eigenvalue weighted by Gasteiger charge is 2.46. The fourth-order valence-corrected chi connectivity index (χ4v) is 5.09. The van der Waals surface area contributed by atoms with E-state index in [2.05, 4.69) is 54.1 Å². The van der Waals surface area contributed by atoms with E-state index in [9.17, 15) is 9.59 Å². The van der Waals surface area contributed by atoms with Gasteiger partial charge >= 0.3 is 0 Å². The lowest BCUT2D eigenvalue weighted by Crippen LogP contribution is -2.47. The van der Waals surface area contributed by atoms with E-state index in [-0.39, 0.29) is 22.8 Å². The van der Waals surface area contributed by atoms with Crippen molar-refractivity contribution < 1.29 is 18.8 Å². The summed E-state index contributed by atoms with van der Waals surface area (Å²) in [6.45, 7) is 12.4. The topological polar surface area (TPSA) is 108 Å². The van der Waals surface area contributed by atoms with Gasteiger partial charge in [0.15, 0.2) is 31.1 Å². The molecule has 1 fully saturated rings. The molecule has 1 aromatic carbocycles. The maximum absolute atomic E-state index is 12.6. The van der Waals surface area contributed by atoms with E-state index in [1.54, 1.807) is 35.2 Å². The predicted octanol–water partition coefficient (Wildman–Crippen LogP) is 4.35. The number of nitrogens with one attached hydrogen (secondary N) is 1. The number of carbonyl (C=O) groups excluding carboxylic acids is 2. The van der Waals surface area contributed by atoms with Gasteiger partial charge in [0, 0.05) is 12.0 Å². The number of hydrogen-bond donors (Lipinski definition) is 1. The lowest BCUT2D eigenvalue weighted by molar-refractivity contribution is -0.132. The maximum atomic E-state index is 12.6. The summed E-state index contributed by atoms with van der Waals surface area (Å²) in [6, 6.07) is 8.89. The zero-order valence-electron chi connectivity index (χ0n) is 20.4. The zero-order chi connectivity index (χ0) is 24.7. The summed E-state index contributed by atoms with van der Waals surface area (Å²) < 4.78 is 14.5. The van der Waals surface area contributed by atoms with E-state index >= 15 is 0 Å². The molecule has 3 atom stereocenters. The monoisotopic (exact) mass is 481 g/mol. The first-order valence-electron chi connectivity index (χ1n) is 11.4. The molecule has 0 radical (unpaired) electrons. The van der Waals surface area contributed by atoms with E-state index < -0.39 is 20.6 Å². The number of nitrogens with zero attached hydrogens (tertiary/aromatic N) is 4. The Kier molecular flexibility index (Phi) is 6.41. The number of amides is 1. The van der Waals surface area contributed by atoms with Crippen molar-refractivity contribution in [2.24, 2.45) is 0 Å². The van der Waals surface area contributed by atoms with Crippen molar-refractivity contribution in [3.8, 4) is 0 Å². The quantitative estimate of drug-likeness (QED) is 0.522. The molecule has 34 heavy (non-hydrogen) atoms. The molecule has 0 unspecified atom stereocenters. The summed E-state index contributed by atoms with van der Waals surface area (Å²) in [6.07, 6.45) is 2.01. The van der Waals surface area contributed by atoms with Crippen molar-refractivity contribution in [3.05, 3.63) is 48.5 Å². The molecule has 1 saturated heterocycles. The average molecular weight is 482 g/mol. The predicted molar refractivity (Wildman–Crippen MR) is 131 cm³/mol. The van der Waals surface area contributed by atoms with Crippen molar-refractivity contribution in [3.63, 3.8) is 0 Å². The minimum Gasteiger partial charge on any atom is -0.411 e. The van der Waals surface area contributed by atoms with Gasteiger partial charge in [-0.1, -0.05) is 39.0 Å². The van der Waals surface area contributed by atoms with Gasteiger partial charge in [-0.25, -0.2) is 15.0 Å². The fourth-order valence-electron chi connectivity index (χ4n) is 3.76. The number of ether oxygens (including phenoxy) is 1. The molecule has 9 nitrogen and oxygen atoms in total. The van der Waals surface area contributed by atoms with E-state index in [4.69, 9.17) is 9.16 Å². The Labute approximate surface area is 200 Å². The number of anilines is 1. The van der Waals surface area contributed by atoms with Gasteiger partial charge in [0.05, 0.1) is 12.4 Å². The Morgan fingerprint density at radius 2 is 1.85 bits per heavy atom. The second-order valence-corrected chi connectivity index (χ2v) is 14.9. The number of carbonyl (C=O) groups is 2. The Morgan fingerprint density at radius 1 is 1.15 bits per heavy atom. The SMILES string of the molecule is CC(=O)[C@H]1O[C@@H](n2cnc3c(NC(=O)c4ccccc4)ncnc32)C[C@H]1O[Si](C)(C)C(C)(C)C. The highest BCUT2D eigenvalue weighted by Crippen LogP contribution is 2.41. The Hall–Kier alpha value is -2.95. The molecule has 1 N–H and O–H groups in total. The van der Waals surface area contributed by atoms with E-state index in [1.165, 1.54) is 13.3 Å². The van der Waals surface area contributed by atoms with Gasteiger partial charge in [0.2, 0.25) is 0 Å². The van der Waals surface area contributed by atoms with Crippen LogP contribution in [0.15, 0.2) is 43.0 Å². The molecular formula is C24H31N5O4Si. The Balaban J connectivity index is 1.60. The second kappa shape index (κ2) is 9.01. The molecule has 1 aliphatic heterocycles. The first kappa shape index (κ1) is 24.2. The first-order chi connectivity index (χ1) is 16.0. The lowest BCUT2D eigenvalue weighted by Gasteiger charge is -2.39. The van der Waals surface area contributed by atoms with Gasteiger partial charge < -0.3 is 14.5 Å². The summed E-state index contributed by atoms with van der Waals surface area (Å²) in [5.41, 5.74) is 1.48. The molecule has 180 valence electrons. The highest BCUT2D eigenvalue weighted by atomic mass is 28.4. The average Bonchev–Trinajstić information content (AvgIpc) is 3.38. The van der Waals surface area contributed by atoms with Crippen LogP contribution in [0.5, 0.6) is 0 Å². The lowest BCUT2D eigenvalue weighted by atomic mass is 10.1. The van der Waals surface area contributed by atoms with Gasteiger partial charge in [-0.15, -0.1) is 0 Å². The number of imidazole rings is 1. The number of hydrogen-bond acceptors (Lipinski definition) is 7. The molecular weight excluding hydrogens is 450 g/mol. The smallest absolute Gasteiger partial charge is 0.256 e. The van der Waals surface area contributed by atoms with Crippen LogP contribution in [0.3, 0.4) is 0 Å².